The highest BCUT2D eigenvalue weighted by atomic mass is 16.3. The molecule has 0 aromatic carbocycles. The van der Waals surface area contributed by atoms with Crippen LogP contribution in [0.1, 0.15) is 25.5 Å². The van der Waals surface area contributed by atoms with Crippen molar-refractivity contribution in [3.05, 3.63) is 29.6 Å². The third-order valence-corrected chi connectivity index (χ3v) is 4.44. The summed E-state index contributed by atoms with van der Waals surface area (Å²) in [6.07, 6.45) is 8.22. The first kappa shape index (κ1) is 18.1. The minimum atomic E-state index is -0.152. The average molecular weight is 357 g/mol. The lowest BCUT2D eigenvalue weighted by atomic mass is 10.1. The maximum absolute atomic E-state index is 11.6. The Morgan fingerprint density at radius 3 is 2.81 bits per heavy atom. The number of carbonyl (C=O) groups is 1. The molecule has 2 aliphatic rings. The molecule has 3 rings (SSSR count). The van der Waals surface area contributed by atoms with Crippen LogP contribution in [0.2, 0.25) is 0 Å². The number of carbonyl (C=O) groups excluding carboxylic acids is 1. The number of nitrogens with one attached hydrogen (secondary N) is 1. The lowest BCUT2D eigenvalue weighted by molar-refractivity contribution is -0.504. The number of nitrogens with zero attached hydrogens (tertiary/aromatic N) is 4. The van der Waals surface area contributed by atoms with Gasteiger partial charge in [0, 0.05) is 31.9 Å². The van der Waals surface area contributed by atoms with Crippen LogP contribution >= 0.6 is 0 Å². The standard InChI is InChI=1S/C18H24N6O2/c1-12-17(18(19)24(22-12)9-10-25)21-15-6-5-14(23-7-3-4-8-23)11-16(15)20-13(2)26/h5-6,11,25H,3-4,7-10H2,1-2H3,(H2,19,20,22,26)/p+1. The number of rotatable bonds is 4. The van der Waals surface area contributed by atoms with Gasteiger partial charge in [0.1, 0.15) is 24.6 Å². The molecule has 8 nitrogen and oxygen atoms in total. The van der Waals surface area contributed by atoms with E-state index in [1.165, 1.54) is 24.4 Å². The number of aliphatic hydroxyl groups excluding tert-OH is 1. The average Bonchev–Trinajstić information content (AvgIpc) is 3.21. The zero-order chi connectivity index (χ0) is 18.7. The summed E-state index contributed by atoms with van der Waals surface area (Å²) in [7, 11) is 0. The summed E-state index contributed by atoms with van der Waals surface area (Å²) < 4.78 is 3.83. The van der Waals surface area contributed by atoms with Gasteiger partial charge >= 0.3 is 0 Å². The number of aromatic nitrogens is 2. The van der Waals surface area contributed by atoms with Crippen LogP contribution in [0, 0.1) is 6.92 Å². The molecule has 0 atom stereocenters. The Balaban J connectivity index is 2.00. The van der Waals surface area contributed by atoms with Crippen molar-refractivity contribution in [3.63, 3.8) is 0 Å². The van der Waals surface area contributed by atoms with E-state index in [1.54, 1.807) is 0 Å². The highest BCUT2D eigenvalue weighted by Gasteiger charge is 2.22. The first-order valence-corrected chi connectivity index (χ1v) is 8.81. The molecule has 26 heavy (non-hydrogen) atoms. The van der Waals surface area contributed by atoms with Gasteiger partial charge in [0.25, 0.3) is 0 Å². The quantitative estimate of drug-likeness (QED) is 0.544. The summed E-state index contributed by atoms with van der Waals surface area (Å²) in [4.78, 5) is 16.3. The molecule has 138 valence electrons. The van der Waals surface area contributed by atoms with Crippen molar-refractivity contribution in [1.82, 2.24) is 15.1 Å². The normalized spacial score (nSPS) is 18.6. The van der Waals surface area contributed by atoms with Gasteiger partial charge in [-0.25, -0.2) is 14.2 Å². The van der Waals surface area contributed by atoms with Crippen LogP contribution in [0.25, 0.3) is 0 Å². The van der Waals surface area contributed by atoms with Crippen LogP contribution in [0.15, 0.2) is 28.9 Å². The van der Waals surface area contributed by atoms with Gasteiger partial charge < -0.3 is 16.2 Å². The van der Waals surface area contributed by atoms with Crippen LogP contribution in [-0.4, -0.2) is 56.5 Å². The Hall–Kier alpha value is -2.74. The fourth-order valence-electron chi connectivity index (χ4n) is 3.20. The monoisotopic (exact) mass is 357 g/mol. The maximum Gasteiger partial charge on any atom is 0.221 e. The van der Waals surface area contributed by atoms with Crippen molar-refractivity contribution in [2.45, 2.75) is 33.2 Å². The summed E-state index contributed by atoms with van der Waals surface area (Å²) in [5, 5.41) is 16.3. The fraction of sp³-hybridized carbons (Fsp3) is 0.444. The van der Waals surface area contributed by atoms with Crippen molar-refractivity contribution in [2.24, 2.45) is 4.99 Å². The first-order chi connectivity index (χ1) is 12.5. The SMILES string of the molecule is CC(=O)NC1=CC(=[N+]2CCCC2)C=C/C1=N/c1c(C)nn(CCO)c1N. The molecule has 1 aromatic rings. The van der Waals surface area contributed by atoms with Gasteiger partial charge in [0.15, 0.2) is 0 Å². The largest absolute Gasteiger partial charge is 0.394 e. The number of aliphatic hydroxyl groups is 1. The molecule has 0 saturated carbocycles. The number of amides is 1. The second-order valence-corrected chi connectivity index (χ2v) is 6.45. The van der Waals surface area contributed by atoms with Crippen LogP contribution in [0.3, 0.4) is 0 Å². The second-order valence-electron chi connectivity index (χ2n) is 6.45. The summed E-state index contributed by atoms with van der Waals surface area (Å²) in [6.45, 7) is 5.61. The number of allylic oxidation sites excluding steroid dienone is 3. The molecule has 0 bridgehead atoms. The molecule has 1 aliphatic carbocycles. The molecule has 1 saturated heterocycles. The molecule has 2 heterocycles. The van der Waals surface area contributed by atoms with E-state index in [9.17, 15) is 4.79 Å². The predicted molar refractivity (Wildman–Crippen MR) is 101 cm³/mol. The molecular formula is C18H25N6O2+. The molecule has 1 fully saturated rings. The van der Waals surface area contributed by atoms with E-state index >= 15 is 0 Å². The molecule has 8 heteroatoms. The Morgan fingerprint density at radius 1 is 1.42 bits per heavy atom. The van der Waals surface area contributed by atoms with E-state index < -0.39 is 0 Å². The van der Waals surface area contributed by atoms with Crippen molar-refractivity contribution in [3.8, 4) is 0 Å². The van der Waals surface area contributed by atoms with Gasteiger partial charge in [-0.05, 0) is 13.0 Å². The lowest BCUT2D eigenvalue weighted by Crippen LogP contribution is -2.28. The number of hydrogen-bond donors (Lipinski definition) is 3. The van der Waals surface area contributed by atoms with Gasteiger partial charge in [-0.1, -0.05) is 0 Å². The summed E-state index contributed by atoms with van der Waals surface area (Å²) in [5.41, 5.74) is 9.70. The van der Waals surface area contributed by atoms with Crippen molar-refractivity contribution < 1.29 is 14.5 Å². The van der Waals surface area contributed by atoms with Gasteiger partial charge in [0.05, 0.1) is 30.3 Å². The highest BCUT2D eigenvalue weighted by molar-refractivity contribution is 6.21. The van der Waals surface area contributed by atoms with Crippen LogP contribution in [-0.2, 0) is 11.3 Å². The van der Waals surface area contributed by atoms with E-state index in [0.717, 1.165) is 18.8 Å². The van der Waals surface area contributed by atoms with Crippen molar-refractivity contribution >= 4 is 28.8 Å². The molecule has 1 aromatic heterocycles. The topological polar surface area (TPSA) is 109 Å². The number of aliphatic imine (C=N–C) groups is 1. The van der Waals surface area contributed by atoms with E-state index in [0.29, 0.717) is 35.2 Å². The molecule has 0 spiro atoms. The molecular weight excluding hydrogens is 332 g/mol. The zero-order valence-corrected chi connectivity index (χ0v) is 15.2. The van der Waals surface area contributed by atoms with Gasteiger partial charge in [-0.15, -0.1) is 0 Å². The van der Waals surface area contributed by atoms with Crippen LogP contribution in [0.5, 0.6) is 0 Å². The predicted octanol–water partition coefficient (Wildman–Crippen LogP) is 0.676. The summed E-state index contributed by atoms with van der Waals surface area (Å²) in [5.74, 6) is 0.245. The van der Waals surface area contributed by atoms with Crippen LogP contribution < -0.4 is 11.1 Å². The minimum absolute atomic E-state index is 0.0492. The van der Waals surface area contributed by atoms with Crippen molar-refractivity contribution in [2.75, 3.05) is 25.4 Å². The smallest absolute Gasteiger partial charge is 0.221 e. The lowest BCUT2D eigenvalue weighted by Gasteiger charge is -2.12. The number of aryl methyl sites for hydroxylation is 1. The first-order valence-electron chi connectivity index (χ1n) is 8.81. The number of nitrogen functional groups attached to an aromatic ring is 1. The van der Waals surface area contributed by atoms with E-state index in [4.69, 9.17) is 10.8 Å². The van der Waals surface area contributed by atoms with E-state index in [2.05, 4.69) is 20.0 Å². The van der Waals surface area contributed by atoms with Crippen LogP contribution in [0.4, 0.5) is 11.5 Å². The highest BCUT2D eigenvalue weighted by Crippen LogP contribution is 2.27. The minimum Gasteiger partial charge on any atom is -0.394 e. The Bertz CT molecular complexity index is 836. The third kappa shape index (κ3) is 3.75. The second kappa shape index (κ2) is 7.65. The number of anilines is 1. The maximum atomic E-state index is 11.6. The Labute approximate surface area is 152 Å². The van der Waals surface area contributed by atoms with Gasteiger partial charge in [0.2, 0.25) is 11.6 Å². The molecule has 4 N–H and O–H groups in total. The Kier molecular flexibility index (Phi) is 5.32. The van der Waals surface area contributed by atoms with Gasteiger partial charge in [-0.3, -0.25) is 4.79 Å². The molecule has 0 radical (unpaired) electrons. The van der Waals surface area contributed by atoms with Crippen molar-refractivity contribution in [1.29, 1.82) is 0 Å². The fourth-order valence-corrected chi connectivity index (χ4v) is 3.20. The number of nitrogens with two attached hydrogens (primary N) is 1. The molecule has 1 amide bonds. The van der Waals surface area contributed by atoms with Gasteiger partial charge in [-0.2, -0.15) is 5.10 Å². The summed E-state index contributed by atoms with van der Waals surface area (Å²) in [6, 6.07) is 0. The van der Waals surface area contributed by atoms with E-state index in [1.807, 2.05) is 25.2 Å². The summed E-state index contributed by atoms with van der Waals surface area (Å²) >= 11 is 0. The molecule has 0 unspecified atom stereocenters. The zero-order valence-electron chi connectivity index (χ0n) is 15.2. The van der Waals surface area contributed by atoms with E-state index in [-0.39, 0.29) is 12.5 Å². The molecule has 1 aliphatic heterocycles. The number of hydrogen-bond acceptors (Lipinski definition) is 5. The third-order valence-electron chi connectivity index (χ3n) is 4.44. The Morgan fingerprint density at radius 2 is 2.15 bits per heavy atom.